The van der Waals surface area contributed by atoms with E-state index in [1.54, 1.807) is 17.0 Å². The summed E-state index contributed by atoms with van der Waals surface area (Å²) in [6.45, 7) is 4.55. The van der Waals surface area contributed by atoms with Gasteiger partial charge in [0.25, 0.3) is 5.91 Å². The Balaban J connectivity index is 1.37. The summed E-state index contributed by atoms with van der Waals surface area (Å²) in [7, 11) is 0. The van der Waals surface area contributed by atoms with E-state index in [4.69, 9.17) is 0 Å². The molecule has 2 heterocycles. The number of carbonyl (C=O) groups is 2. The molecule has 0 saturated carbocycles. The number of likely N-dealkylation sites (tertiary alicyclic amines) is 1. The molecule has 0 unspecified atom stereocenters. The second kappa shape index (κ2) is 8.57. The second-order valence-electron chi connectivity index (χ2n) is 7.63. The first-order chi connectivity index (χ1) is 13.7. The van der Waals surface area contributed by atoms with Crippen LogP contribution >= 0.6 is 0 Å². The first-order valence-electron chi connectivity index (χ1n) is 10.2. The maximum atomic E-state index is 12.6. The molecular formula is C23H27N3O2. The number of nitrogens with one attached hydrogen (secondary N) is 1. The van der Waals surface area contributed by atoms with Gasteiger partial charge in [-0.3, -0.25) is 14.5 Å². The molecule has 0 aliphatic carbocycles. The van der Waals surface area contributed by atoms with E-state index in [0.717, 1.165) is 38.3 Å². The molecule has 0 radical (unpaired) electrons. The van der Waals surface area contributed by atoms with Crippen molar-refractivity contribution in [2.75, 3.05) is 24.5 Å². The second-order valence-corrected chi connectivity index (χ2v) is 7.63. The summed E-state index contributed by atoms with van der Waals surface area (Å²) in [6, 6.07) is 15.7. The highest BCUT2D eigenvalue weighted by Crippen LogP contribution is 2.22. The number of rotatable bonds is 6. The van der Waals surface area contributed by atoms with E-state index in [1.807, 2.05) is 18.2 Å². The van der Waals surface area contributed by atoms with Crippen LogP contribution in [0.3, 0.4) is 0 Å². The van der Waals surface area contributed by atoms with Crippen molar-refractivity contribution < 1.29 is 9.59 Å². The Morgan fingerprint density at radius 2 is 1.61 bits per heavy atom. The van der Waals surface area contributed by atoms with Gasteiger partial charge >= 0.3 is 0 Å². The third-order valence-electron chi connectivity index (χ3n) is 5.67. The van der Waals surface area contributed by atoms with Crippen LogP contribution in [0.15, 0.2) is 48.5 Å². The van der Waals surface area contributed by atoms with Crippen LogP contribution in [-0.2, 0) is 17.9 Å². The average Bonchev–Trinajstić information content (AvgIpc) is 3.39. The van der Waals surface area contributed by atoms with Crippen LogP contribution in [0, 0.1) is 0 Å². The van der Waals surface area contributed by atoms with Crippen LogP contribution < -0.4 is 10.2 Å². The molecule has 1 N–H and O–H groups in total. The molecule has 0 bridgehead atoms. The van der Waals surface area contributed by atoms with Gasteiger partial charge < -0.3 is 10.2 Å². The monoisotopic (exact) mass is 377 g/mol. The van der Waals surface area contributed by atoms with E-state index in [0.29, 0.717) is 18.5 Å². The maximum Gasteiger partial charge on any atom is 0.251 e. The first-order valence-corrected chi connectivity index (χ1v) is 10.2. The van der Waals surface area contributed by atoms with Crippen LogP contribution in [-0.4, -0.2) is 36.3 Å². The van der Waals surface area contributed by atoms with Gasteiger partial charge in [-0.05, 0) is 67.7 Å². The lowest BCUT2D eigenvalue weighted by molar-refractivity contribution is -0.117. The molecule has 146 valence electrons. The predicted octanol–water partition coefficient (Wildman–Crippen LogP) is 3.34. The zero-order chi connectivity index (χ0) is 19.3. The van der Waals surface area contributed by atoms with Crippen molar-refractivity contribution in [1.29, 1.82) is 0 Å². The van der Waals surface area contributed by atoms with E-state index in [2.05, 4.69) is 28.4 Å². The number of anilines is 1. The summed E-state index contributed by atoms with van der Waals surface area (Å²) in [4.78, 5) is 28.7. The standard InChI is InChI=1S/C23H27N3O2/c27-22-8-5-15-26(22)21-11-9-18(10-12-21)23(28)24-16-19-6-1-2-7-20(19)17-25-13-3-4-14-25/h1-2,6-7,9-12H,3-5,8,13-17H2,(H,24,28). The fourth-order valence-corrected chi connectivity index (χ4v) is 4.06. The minimum atomic E-state index is -0.0877. The van der Waals surface area contributed by atoms with E-state index >= 15 is 0 Å². The highest BCUT2D eigenvalue weighted by Gasteiger charge is 2.21. The third kappa shape index (κ3) is 4.25. The summed E-state index contributed by atoms with van der Waals surface area (Å²) in [6.07, 6.45) is 4.06. The number of benzene rings is 2. The van der Waals surface area contributed by atoms with E-state index in [1.165, 1.54) is 24.0 Å². The van der Waals surface area contributed by atoms with Crippen molar-refractivity contribution in [2.24, 2.45) is 0 Å². The summed E-state index contributed by atoms with van der Waals surface area (Å²) in [5.41, 5.74) is 3.94. The SMILES string of the molecule is O=C(NCc1ccccc1CN1CCCC1)c1ccc(N2CCCC2=O)cc1. The van der Waals surface area contributed by atoms with Crippen LogP contribution in [0.5, 0.6) is 0 Å². The van der Waals surface area contributed by atoms with Crippen molar-refractivity contribution in [2.45, 2.75) is 38.8 Å². The molecule has 2 aliphatic rings. The van der Waals surface area contributed by atoms with Gasteiger partial charge in [-0.25, -0.2) is 0 Å². The Bertz CT molecular complexity index is 841. The Morgan fingerprint density at radius 3 is 2.29 bits per heavy atom. The molecule has 2 fully saturated rings. The number of hydrogen-bond acceptors (Lipinski definition) is 3. The van der Waals surface area contributed by atoms with Gasteiger partial charge in [0.15, 0.2) is 0 Å². The fourth-order valence-electron chi connectivity index (χ4n) is 4.06. The molecule has 5 nitrogen and oxygen atoms in total. The molecule has 5 heteroatoms. The molecule has 4 rings (SSSR count). The van der Waals surface area contributed by atoms with Gasteiger partial charge in [-0.15, -0.1) is 0 Å². The molecule has 2 aromatic rings. The zero-order valence-corrected chi connectivity index (χ0v) is 16.2. The molecule has 2 aliphatic heterocycles. The van der Waals surface area contributed by atoms with Crippen LogP contribution in [0.4, 0.5) is 5.69 Å². The number of amides is 2. The normalized spacial score (nSPS) is 17.3. The van der Waals surface area contributed by atoms with E-state index in [-0.39, 0.29) is 11.8 Å². The fraction of sp³-hybridized carbons (Fsp3) is 0.391. The average molecular weight is 377 g/mol. The van der Waals surface area contributed by atoms with Gasteiger partial charge in [0.05, 0.1) is 0 Å². The Hall–Kier alpha value is -2.66. The zero-order valence-electron chi connectivity index (χ0n) is 16.2. The molecule has 2 amide bonds. The summed E-state index contributed by atoms with van der Waals surface area (Å²) >= 11 is 0. The summed E-state index contributed by atoms with van der Waals surface area (Å²) < 4.78 is 0. The van der Waals surface area contributed by atoms with Gasteiger partial charge in [-0.2, -0.15) is 0 Å². The Kier molecular flexibility index (Phi) is 5.72. The minimum absolute atomic E-state index is 0.0877. The van der Waals surface area contributed by atoms with Crippen molar-refractivity contribution in [3.63, 3.8) is 0 Å². The minimum Gasteiger partial charge on any atom is -0.348 e. The van der Waals surface area contributed by atoms with Gasteiger partial charge in [0.1, 0.15) is 0 Å². The third-order valence-corrected chi connectivity index (χ3v) is 5.67. The lowest BCUT2D eigenvalue weighted by Crippen LogP contribution is -2.26. The summed E-state index contributed by atoms with van der Waals surface area (Å²) in [5, 5.41) is 3.04. The molecule has 2 aromatic carbocycles. The first kappa shape index (κ1) is 18.7. The largest absolute Gasteiger partial charge is 0.348 e. The van der Waals surface area contributed by atoms with Crippen molar-refractivity contribution in [1.82, 2.24) is 10.2 Å². The molecular weight excluding hydrogens is 350 g/mol. The smallest absolute Gasteiger partial charge is 0.251 e. The quantitative estimate of drug-likeness (QED) is 0.840. The molecule has 0 spiro atoms. The van der Waals surface area contributed by atoms with Crippen molar-refractivity contribution >= 4 is 17.5 Å². The van der Waals surface area contributed by atoms with Crippen molar-refractivity contribution in [3.8, 4) is 0 Å². The number of hydrogen-bond donors (Lipinski definition) is 1. The molecule has 0 atom stereocenters. The molecule has 0 aromatic heterocycles. The van der Waals surface area contributed by atoms with E-state index < -0.39 is 0 Å². The molecule has 2 saturated heterocycles. The molecule has 28 heavy (non-hydrogen) atoms. The topological polar surface area (TPSA) is 52.7 Å². The Labute approximate surface area is 166 Å². The van der Waals surface area contributed by atoms with E-state index in [9.17, 15) is 9.59 Å². The number of nitrogens with zero attached hydrogens (tertiary/aromatic N) is 2. The van der Waals surface area contributed by atoms with Crippen molar-refractivity contribution in [3.05, 3.63) is 65.2 Å². The number of carbonyl (C=O) groups excluding carboxylic acids is 2. The van der Waals surface area contributed by atoms with Gasteiger partial charge in [0.2, 0.25) is 5.91 Å². The summed E-state index contributed by atoms with van der Waals surface area (Å²) in [5.74, 6) is 0.0714. The van der Waals surface area contributed by atoms with Crippen LogP contribution in [0.2, 0.25) is 0 Å². The maximum absolute atomic E-state index is 12.6. The van der Waals surface area contributed by atoms with Crippen LogP contribution in [0.1, 0.15) is 47.2 Å². The van der Waals surface area contributed by atoms with Gasteiger partial charge in [0, 0.05) is 37.3 Å². The highest BCUT2D eigenvalue weighted by molar-refractivity contribution is 5.97. The highest BCUT2D eigenvalue weighted by atomic mass is 16.2. The van der Waals surface area contributed by atoms with Gasteiger partial charge in [-0.1, -0.05) is 24.3 Å². The predicted molar refractivity (Wildman–Crippen MR) is 110 cm³/mol. The van der Waals surface area contributed by atoms with Crippen LogP contribution in [0.25, 0.3) is 0 Å². The Morgan fingerprint density at radius 1 is 0.893 bits per heavy atom. The lowest BCUT2D eigenvalue weighted by atomic mass is 10.1. The lowest BCUT2D eigenvalue weighted by Gasteiger charge is -2.18.